The molecule has 0 N–H and O–H groups in total. The van der Waals surface area contributed by atoms with Crippen molar-refractivity contribution in [1.82, 2.24) is 10.2 Å². The molecule has 1 aliphatic heterocycles. The zero-order chi connectivity index (χ0) is 10.5. The molecule has 84 valence electrons. The number of nitrogens with zero attached hydrogens (tertiary/aromatic N) is 2. The van der Waals surface area contributed by atoms with Gasteiger partial charge in [0.1, 0.15) is 10.0 Å². The van der Waals surface area contributed by atoms with Gasteiger partial charge < -0.3 is 4.74 Å². The van der Waals surface area contributed by atoms with Crippen LogP contribution in [0.15, 0.2) is 0 Å². The molecule has 0 atom stereocenters. The Bertz CT molecular complexity index is 299. The summed E-state index contributed by atoms with van der Waals surface area (Å²) in [5.41, 5.74) is 0. The highest BCUT2D eigenvalue weighted by Gasteiger charge is 2.19. The van der Waals surface area contributed by atoms with Crippen molar-refractivity contribution in [2.75, 3.05) is 19.1 Å². The molecule has 0 bridgehead atoms. The van der Waals surface area contributed by atoms with Gasteiger partial charge in [-0.25, -0.2) is 0 Å². The van der Waals surface area contributed by atoms with E-state index in [0.717, 1.165) is 43.9 Å². The average Bonchev–Trinajstić information content (AvgIpc) is 2.76. The van der Waals surface area contributed by atoms with E-state index in [0.29, 0.717) is 11.8 Å². The molecule has 0 saturated carbocycles. The summed E-state index contributed by atoms with van der Waals surface area (Å²) in [6, 6.07) is 0. The molecule has 2 rings (SSSR count). The number of halogens is 1. The first-order valence-corrected chi connectivity index (χ1v) is 6.71. The van der Waals surface area contributed by atoms with Gasteiger partial charge in [0.2, 0.25) is 0 Å². The van der Waals surface area contributed by atoms with E-state index in [4.69, 9.17) is 16.3 Å². The van der Waals surface area contributed by atoms with Gasteiger partial charge in [-0.3, -0.25) is 0 Å². The number of alkyl halides is 1. The molecule has 0 spiro atoms. The third-order valence-electron chi connectivity index (χ3n) is 2.58. The van der Waals surface area contributed by atoms with Crippen LogP contribution >= 0.6 is 22.9 Å². The van der Waals surface area contributed by atoms with Gasteiger partial charge in [0.25, 0.3) is 0 Å². The van der Waals surface area contributed by atoms with Gasteiger partial charge in [0.15, 0.2) is 0 Å². The lowest BCUT2D eigenvalue weighted by molar-refractivity contribution is 0.0851. The van der Waals surface area contributed by atoms with Gasteiger partial charge >= 0.3 is 0 Å². The Hall–Kier alpha value is -0.190. The van der Waals surface area contributed by atoms with E-state index in [-0.39, 0.29) is 0 Å². The standard InChI is InChI=1S/C10H15ClN2OS/c11-5-1-2-9-12-13-10(15-9)8-3-6-14-7-4-8/h8H,1-7H2. The maximum Gasteiger partial charge on any atom is 0.120 e. The van der Waals surface area contributed by atoms with Gasteiger partial charge in [-0.2, -0.15) is 0 Å². The fraction of sp³-hybridized carbons (Fsp3) is 0.800. The molecule has 0 unspecified atom stereocenters. The monoisotopic (exact) mass is 246 g/mol. The molecular formula is C10H15ClN2OS. The van der Waals surface area contributed by atoms with E-state index in [1.807, 2.05) is 0 Å². The third kappa shape index (κ3) is 3.13. The maximum absolute atomic E-state index is 5.65. The van der Waals surface area contributed by atoms with Crippen LogP contribution in [0.1, 0.15) is 35.2 Å². The minimum absolute atomic E-state index is 0.570. The van der Waals surface area contributed by atoms with Crippen LogP contribution < -0.4 is 0 Å². The molecule has 1 aliphatic rings. The summed E-state index contributed by atoms with van der Waals surface area (Å²) in [5, 5.41) is 10.8. The smallest absolute Gasteiger partial charge is 0.120 e. The summed E-state index contributed by atoms with van der Waals surface area (Å²) in [5.74, 6) is 1.27. The Morgan fingerprint density at radius 3 is 2.87 bits per heavy atom. The lowest BCUT2D eigenvalue weighted by Crippen LogP contribution is -2.13. The summed E-state index contributed by atoms with van der Waals surface area (Å²) >= 11 is 7.39. The Balaban J connectivity index is 1.93. The normalized spacial score (nSPS) is 18.2. The largest absolute Gasteiger partial charge is 0.381 e. The van der Waals surface area contributed by atoms with Crippen LogP contribution in [-0.4, -0.2) is 29.3 Å². The fourth-order valence-electron chi connectivity index (χ4n) is 1.70. The van der Waals surface area contributed by atoms with Crippen LogP contribution in [0.4, 0.5) is 0 Å². The first-order chi connectivity index (χ1) is 7.40. The van der Waals surface area contributed by atoms with Gasteiger partial charge in [-0.15, -0.1) is 33.1 Å². The topological polar surface area (TPSA) is 35.0 Å². The molecule has 1 fully saturated rings. The second-order valence-electron chi connectivity index (χ2n) is 3.71. The molecule has 2 heterocycles. The Morgan fingerprint density at radius 2 is 2.13 bits per heavy atom. The second-order valence-corrected chi connectivity index (χ2v) is 5.18. The highest BCUT2D eigenvalue weighted by molar-refractivity contribution is 7.11. The number of rotatable bonds is 4. The van der Waals surface area contributed by atoms with Gasteiger partial charge in [-0.05, 0) is 19.3 Å². The lowest BCUT2D eigenvalue weighted by Gasteiger charge is -2.18. The Kier molecular flexibility index (Phi) is 4.35. The quantitative estimate of drug-likeness (QED) is 0.766. The van der Waals surface area contributed by atoms with Crippen LogP contribution in [0, 0.1) is 0 Å². The first kappa shape index (κ1) is 11.3. The summed E-state index contributed by atoms with van der Waals surface area (Å²) in [6.45, 7) is 1.72. The lowest BCUT2D eigenvalue weighted by atomic mass is 10.0. The zero-order valence-corrected chi connectivity index (χ0v) is 10.2. The van der Waals surface area contributed by atoms with Crippen molar-refractivity contribution in [2.24, 2.45) is 0 Å². The van der Waals surface area contributed by atoms with Crippen LogP contribution in [0.5, 0.6) is 0 Å². The van der Waals surface area contributed by atoms with Crippen molar-refractivity contribution >= 4 is 22.9 Å². The Labute approximate surface area is 98.8 Å². The number of aryl methyl sites for hydroxylation is 1. The highest BCUT2D eigenvalue weighted by atomic mass is 35.5. The first-order valence-electron chi connectivity index (χ1n) is 5.36. The predicted octanol–water partition coefficient (Wildman–Crippen LogP) is 2.60. The molecule has 0 aromatic carbocycles. The van der Waals surface area contributed by atoms with Crippen LogP contribution in [0.3, 0.4) is 0 Å². The van der Waals surface area contributed by atoms with E-state index < -0.39 is 0 Å². The number of ether oxygens (including phenoxy) is 1. The minimum Gasteiger partial charge on any atom is -0.381 e. The van der Waals surface area contributed by atoms with Gasteiger partial charge in [0, 0.05) is 31.4 Å². The number of hydrogen-bond donors (Lipinski definition) is 0. The van der Waals surface area contributed by atoms with Crippen LogP contribution in [-0.2, 0) is 11.2 Å². The highest BCUT2D eigenvalue weighted by Crippen LogP contribution is 2.29. The molecule has 0 radical (unpaired) electrons. The van der Waals surface area contributed by atoms with Crippen molar-refractivity contribution in [1.29, 1.82) is 0 Å². The van der Waals surface area contributed by atoms with Crippen molar-refractivity contribution in [3.05, 3.63) is 10.0 Å². The SMILES string of the molecule is ClCCCc1nnc(C2CCOCC2)s1. The fourth-order valence-corrected chi connectivity index (χ4v) is 2.88. The van der Waals surface area contributed by atoms with Gasteiger partial charge in [-0.1, -0.05) is 0 Å². The molecule has 0 amide bonds. The van der Waals surface area contributed by atoms with E-state index in [1.54, 1.807) is 11.3 Å². The third-order valence-corrected chi connectivity index (χ3v) is 3.99. The number of hydrogen-bond acceptors (Lipinski definition) is 4. The van der Waals surface area contributed by atoms with Crippen LogP contribution in [0.25, 0.3) is 0 Å². The van der Waals surface area contributed by atoms with Gasteiger partial charge in [0.05, 0.1) is 0 Å². The van der Waals surface area contributed by atoms with E-state index in [9.17, 15) is 0 Å². The molecule has 1 aromatic rings. The minimum atomic E-state index is 0.570. The molecule has 5 heteroatoms. The summed E-state index contributed by atoms with van der Waals surface area (Å²) in [4.78, 5) is 0. The maximum atomic E-state index is 5.65. The van der Waals surface area contributed by atoms with Crippen molar-refractivity contribution in [3.63, 3.8) is 0 Å². The van der Waals surface area contributed by atoms with E-state index in [2.05, 4.69) is 10.2 Å². The van der Waals surface area contributed by atoms with E-state index in [1.165, 1.54) is 5.01 Å². The van der Waals surface area contributed by atoms with Crippen LogP contribution in [0.2, 0.25) is 0 Å². The van der Waals surface area contributed by atoms with E-state index >= 15 is 0 Å². The summed E-state index contributed by atoms with van der Waals surface area (Å²) < 4.78 is 5.33. The van der Waals surface area contributed by atoms with Crippen molar-refractivity contribution < 1.29 is 4.74 Å². The average molecular weight is 247 g/mol. The molecule has 1 aromatic heterocycles. The molecular weight excluding hydrogens is 232 g/mol. The number of aromatic nitrogens is 2. The molecule has 0 aliphatic carbocycles. The predicted molar refractivity (Wildman–Crippen MR) is 61.7 cm³/mol. The molecule has 1 saturated heterocycles. The zero-order valence-electron chi connectivity index (χ0n) is 8.62. The second kappa shape index (κ2) is 5.77. The van der Waals surface area contributed by atoms with Crippen molar-refractivity contribution in [2.45, 2.75) is 31.6 Å². The molecule has 3 nitrogen and oxygen atoms in total. The Morgan fingerprint density at radius 1 is 1.33 bits per heavy atom. The summed E-state index contributed by atoms with van der Waals surface area (Å²) in [6.07, 6.45) is 4.13. The molecule has 15 heavy (non-hydrogen) atoms. The van der Waals surface area contributed by atoms with Crippen molar-refractivity contribution in [3.8, 4) is 0 Å². The summed E-state index contributed by atoms with van der Waals surface area (Å²) in [7, 11) is 0.